The fourth-order valence-corrected chi connectivity index (χ4v) is 3.02. The zero-order valence-electron chi connectivity index (χ0n) is 14.0. The Morgan fingerprint density at radius 2 is 1.80 bits per heavy atom. The van der Waals surface area contributed by atoms with Gasteiger partial charge in [0.05, 0.1) is 11.3 Å². The number of piperazine rings is 1. The predicted molar refractivity (Wildman–Crippen MR) is 87.5 cm³/mol. The van der Waals surface area contributed by atoms with E-state index in [-0.39, 0.29) is 5.91 Å². The topological polar surface area (TPSA) is 41.4 Å². The van der Waals surface area contributed by atoms with Crippen molar-refractivity contribution in [1.82, 2.24) is 14.7 Å². The van der Waals surface area contributed by atoms with Crippen LogP contribution in [0.3, 0.4) is 0 Å². The van der Waals surface area contributed by atoms with E-state index < -0.39 is 11.7 Å². The lowest BCUT2D eigenvalue weighted by Gasteiger charge is -2.36. The maximum Gasteiger partial charge on any atom is 0.416 e. The van der Waals surface area contributed by atoms with Crippen molar-refractivity contribution >= 4 is 11.6 Å². The number of aryl methyl sites for hydroxylation is 2. The third-order valence-electron chi connectivity index (χ3n) is 4.33. The van der Waals surface area contributed by atoms with Crippen LogP contribution in [-0.4, -0.2) is 46.8 Å². The predicted octanol–water partition coefficient (Wildman–Crippen LogP) is 2.71. The minimum atomic E-state index is -4.36. The van der Waals surface area contributed by atoms with E-state index in [9.17, 15) is 18.0 Å². The van der Waals surface area contributed by atoms with Crippen LogP contribution in [0.25, 0.3) is 0 Å². The number of hydrogen-bond donors (Lipinski definition) is 0. The van der Waals surface area contributed by atoms with E-state index in [1.54, 1.807) is 28.8 Å². The summed E-state index contributed by atoms with van der Waals surface area (Å²) in [5, 5.41) is 4.17. The van der Waals surface area contributed by atoms with Crippen LogP contribution < -0.4 is 4.90 Å². The summed E-state index contributed by atoms with van der Waals surface area (Å²) in [7, 11) is 1.72. The van der Waals surface area contributed by atoms with Gasteiger partial charge in [-0.1, -0.05) is 6.07 Å². The highest BCUT2D eigenvalue weighted by Crippen LogP contribution is 2.31. The van der Waals surface area contributed by atoms with Gasteiger partial charge >= 0.3 is 6.18 Å². The van der Waals surface area contributed by atoms with Gasteiger partial charge in [-0.25, -0.2) is 0 Å². The molecule has 0 radical (unpaired) electrons. The van der Waals surface area contributed by atoms with Gasteiger partial charge in [0.1, 0.15) is 5.69 Å². The van der Waals surface area contributed by atoms with Crippen LogP contribution in [0, 0.1) is 6.92 Å². The molecule has 0 spiro atoms. The molecule has 0 aliphatic carbocycles. The molecule has 5 nitrogen and oxygen atoms in total. The Morgan fingerprint density at radius 3 is 2.36 bits per heavy atom. The normalized spacial score (nSPS) is 15.6. The second kappa shape index (κ2) is 6.42. The van der Waals surface area contributed by atoms with Crippen molar-refractivity contribution in [2.75, 3.05) is 31.1 Å². The molecule has 1 aliphatic rings. The Bertz CT molecular complexity index is 776. The van der Waals surface area contributed by atoms with Crippen LogP contribution in [0.1, 0.15) is 21.7 Å². The summed E-state index contributed by atoms with van der Waals surface area (Å²) in [6, 6.07) is 7.03. The lowest BCUT2D eigenvalue weighted by Crippen LogP contribution is -2.49. The molecule has 0 saturated carbocycles. The van der Waals surface area contributed by atoms with Gasteiger partial charge < -0.3 is 9.80 Å². The fourth-order valence-electron chi connectivity index (χ4n) is 3.02. The molecule has 134 valence electrons. The van der Waals surface area contributed by atoms with Crippen molar-refractivity contribution in [2.24, 2.45) is 7.05 Å². The monoisotopic (exact) mass is 352 g/mol. The molecule has 2 heterocycles. The van der Waals surface area contributed by atoms with Crippen LogP contribution in [0.15, 0.2) is 30.3 Å². The summed E-state index contributed by atoms with van der Waals surface area (Å²) in [5.41, 5.74) is 1.16. The summed E-state index contributed by atoms with van der Waals surface area (Å²) >= 11 is 0. The number of carbonyl (C=O) groups is 1. The Labute approximate surface area is 143 Å². The second-order valence-electron chi connectivity index (χ2n) is 6.12. The molecule has 0 N–H and O–H groups in total. The Morgan fingerprint density at radius 1 is 1.12 bits per heavy atom. The second-order valence-corrected chi connectivity index (χ2v) is 6.12. The highest BCUT2D eigenvalue weighted by Gasteiger charge is 2.31. The van der Waals surface area contributed by atoms with Crippen molar-refractivity contribution in [3.8, 4) is 0 Å². The number of halogens is 3. The number of rotatable bonds is 2. The highest BCUT2D eigenvalue weighted by molar-refractivity contribution is 5.92. The third-order valence-corrected chi connectivity index (χ3v) is 4.33. The first kappa shape index (κ1) is 17.3. The summed E-state index contributed by atoms with van der Waals surface area (Å²) in [6.45, 7) is 3.72. The molecule has 1 saturated heterocycles. The summed E-state index contributed by atoms with van der Waals surface area (Å²) in [5.74, 6) is -0.105. The zero-order chi connectivity index (χ0) is 18.2. The summed E-state index contributed by atoms with van der Waals surface area (Å²) in [4.78, 5) is 16.1. The van der Waals surface area contributed by atoms with Crippen molar-refractivity contribution < 1.29 is 18.0 Å². The zero-order valence-corrected chi connectivity index (χ0v) is 14.0. The Kier molecular flexibility index (Phi) is 4.45. The van der Waals surface area contributed by atoms with Gasteiger partial charge in [-0.2, -0.15) is 18.3 Å². The minimum Gasteiger partial charge on any atom is -0.368 e. The quantitative estimate of drug-likeness (QED) is 0.835. The average molecular weight is 352 g/mol. The third kappa shape index (κ3) is 3.62. The molecule has 1 fully saturated rings. The van der Waals surface area contributed by atoms with Crippen LogP contribution in [0.5, 0.6) is 0 Å². The van der Waals surface area contributed by atoms with E-state index >= 15 is 0 Å². The van der Waals surface area contributed by atoms with Gasteiger partial charge in [0.2, 0.25) is 0 Å². The molecule has 1 aromatic heterocycles. The molecule has 0 atom stereocenters. The molecule has 0 unspecified atom stereocenters. The van der Waals surface area contributed by atoms with Crippen LogP contribution >= 0.6 is 0 Å². The molecule has 1 amide bonds. The fraction of sp³-hybridized carbons (Fsp3) is 0.412. The minimum absolute atomic E-state index is 0.105. The first-order valence-electron chi connectivity index (χ1n) is 7.98. The van der Waals surface area contributed by atoms with E-state index in [4.69, 9.17) is 0 Å². The maximum absolute atomic E-state index is 12.9. The van der Waals surface area contributed by atoms with Gasteiger partial charge in [0, 0.05) is 38.9 Å². The number of benzene rings is 1. The molecular formula is C17H19F3N4O. The van der Waals surface area contributed by atoms with E-state index in [1.165, 1.54) is 6.07 Å². The molecule has 25 heavy (non-hydrogen) atoms. The molecule has 8 heteroatoms. The van der Waals surface area contributed by atoms with Crippen LogP contribution in [0.2, 0.25) is 0 Å². The van der Waals surface area contributed by atoms with E-state index in [2.05, 4.69) is 5.10 Å². The maximum atomic E-state index is 12.9. The standard InChI is InChI=1S/C17H19F3N4O/c1-12-10-15(22(2)21-12)16(25)24-8-6-23(7-9-24)14-5-3-4-13(11-14)17(18,19)20/h3-5,10-11H,6-9H2,1-2H3. The van der Waals surface area contributed by atoms with Gasteiger partial charge in [0.25, 0.3) is 5.91 Å². The lowest BCUT2D eigenvalue weighted by molar-refractivity contribution is -0.137. The molecule has 2 aromatic rings. The van der Waals surface area contributed by atoms with E-state index in [0.717, 1.165) is 17.8 Å². The SMILES string of the molecule is Cc1cc(C(=O)N2CCN(c3cccc(C(F)(F)F)c3)CC2)n(C)n1. The van der Waals surface area contributed by atoms with Crippen LogP contribution in [-0.2, 0) is 13.2 Å². The number of carbonyl (C=O) groups excluding carboxylic acids is 1. The van der Waals surface area contributed by atoms with Crippen molar-refractivity contribution in [1.29, 1.82) is 0 Å². The molecular weight excluding hydrogens is 333 g/mol. The largest absolute Gasteiger partial charge is 0.416 e. The number of alkyl halides is 3. The number of nitrogens with zero attached hydrogens (tertiary/aromatic N) is 4. The van der Waals surface area contributed by atoms with Crippen molar-refractivity contribution in [3.63, 3.8) is 0 Å². The number of aromatic nitrogens is 2. The number of anilines is 1. The lowest BCUT2D eigenvalue weighted by atomic mass is 10.1. The molecule has 3 rings (SSSR count). The Balaban J connectivity index is 1.68. The smallest absolute Gasteiger partial charge is 0.368 e. The van der Waals surface area contributed by atoms with Gasteiger partial charge in [-0.05, 0) is 31.2 Å². The Hall–Kier alpha value is -2.51. The van der Waals surface area contributed by atoms with E-state index in [1.807, 2.05) is 11.8 Å². The van der Waals surface area contributed by atoms with Crippen molar-refractivity contribution in [3.05, 3.63) is 47.3 Å². The number of amides is 1. The summed E-state index contributed by atoms with van der Waals surface area (Å²) in [6.07, 6.45) is -4.36. The van der Waals surface area contributed by atoms with Gasteiger partial charge in [0.15, 0.2) is 0 Å². The van der Waals surface area contributed by atoms with Gasteiger partial charge in [-0.15, -0.1) is 0 Å². The average Bonchev–Trinajstić information content (AvgIpc) is 2.92. The molecule has 1 aromatic carbocycles. The first-order chi connectivity index (χ1) is 11.8. The van der Waals surface area contributed by atoms with Crippen molar-refractivity contribution in [2.45, 2.75) is 13.1 Å². The van der Waals surface area contributed by atoms with E-state index in [0.29, 0.717) is 37.6 Å². The number of hydrogen-bond acceptors (Lipinski definition) is 3. The summed E-state index contributed by atoms with van der Waals surface area (Å²) < 4.78 is 40.1. The van der Waals surface area contributed by atoms with Gasteiger partial charge in [-0.3, -0.25) is 9.48 Å². The highest BCUT2D eigenvalue weighted by atomic mass is 19.4. The molecule has 1 aliphatic heterocycles. The van der Waals surface area contributed by atoms with Crippen LogP contribution in [0.4, 0.5) is 18.9 Å². The first-order valence-corrected chi connectivity index (χ1v) is 7.98. The molecule has 0 bridgehead atoms.